The number of unbranched alkanes of at least 4 members (excludes halogenated alkanes) is 36. The highest BCUT2D eigenvalue weighted by molar-refractivity contribution is 5.74. The Bertz CT molecular complexity index is 1780. The molecule has 0 amide bonds. The molecule has 6 aliphatic rings. The van der Waals surface area contributed by atoms with Gasteiger partial charge in [-0.2, -0.15) is 0 Å². The summed E-state index contributed by atoms with van der Waals surface area (Å²) >= 11 is 0. The first-order valence-electron chi connectivity index (χ1n) is 50.4. The minimum atomic E-state index is 0.507. The molecule has 0 heterocycles. The zero-order valence-corrected chi connectivity index (χ0v) is 73.5. The molecule has 0 spiro atoms. The van der Waals surface area contributed by atoms with Gasteiger partial charge in [0.1, 0.15) is 0 Å². The first kappa shape index (κ1) is 93.2. The topological polar surface area (TPSA) is 55.4 Å². The maximum Gasteiger partial charge on any atom is 0.211 e. The summed E-state index contributed by atoms with van der Waals surface area (Å²) in [5, 5.41) is 0. The van der Waals surface area contributed by atoms with Crippen LogP contribution in [-0.4, -0.2) is 39.6 Å². The van der Waals surface area contributed by atoms with Crippen molar-refractivity contribution in [2.45, 2.75) is 504 Å². The number of ether oxygens (including phenoxy) is 6. The van der Waals surface area contributed by atoms with E-state index >= 15 is 0 Å². The zero-order chi connectivity index (χ0) is 75.8. The first-order valence-corrected chi connectivity index (χ1v) is 50.4. The number of hydrogen-bond donors (Lipinski definition) is 0. The fourth-order valence-electron chi connectivity index (χ4n) is 21.1. The van der Waals surface area contributed by atoms with Crippen molar-refractivity contribution in [2.75, 3.05) is 39.6 Å². The maximum atomic E-state index is 7.78. The molecular formula is C102H186O6. The number of rotatable bonds is 66. The molecule has 108 heavy (non-hydrogen) atoms. The van der Waals surface area contributed by atoms with Gasteiger partial charge in [-0.15, -0.1) is 0 Å². The van der Waals surface area contributed by atoms with Gasteiger partial charge in [-0.1, -0.05) is 427 Å². The van der Waals surface area contributed by atoms with E-state index in [2.05, 4.69) is 41.5 Å². The quantitative estimate of drug-likeness (QED) is 0.0606. The summed E-state index contributed by atoms with van der Waals surface area (Å²) in [6.45, 7) is 18.2. The fraction of sp³-hybridized carbons (Fsp3) is 0.941. The van der Waals surface area contributed by atoms with Crippen LogP contribution < -0.4 is 28.4 Å². The van der Waals surface area contributed by atoms with Crippen LogP contribution in [0.2, 0.25) is 0 Å². The highest BCUT2D eigenvalue weighted by atomic mass is 16.6. The van der Waals surface area contributed by atoms with Gasteiger partial charge >= 0.3 is 0 Å². The highest BCUT2D eigenvalue weighted by Crippen LogP contribution is 2.60. The van der Waals surface area contributed by atoms with Crippen LogP contribution in [0, 0.1) is 71.0 Å². The SMILES string of the molecule is CCCCCCCCC[C@H]1CC[C@H](COc2c(OC[C@H]3CC[C@H](CCCCCCCCC)CC3)c(OC[C@H]3CC[C@H](CCCCCCCCC)CC3)c(OC[C@H]3CC[C@H](CCCCCCCCC)CC3)c(OC[C@H]3CC[C@H](CCCCCCCCC)CC3)c2OC[C@H]2CC[C@H](CCCCCCCCC)CC2)CC1. The maximum absolute atomic E-state index is 7.78. The summed E-state index contributed by atoms with van der Waals surface area (Å²) in [6, 6.07) is 0. The van der Waals surface area contributed by atoms with E-state index in [4.69, 9.17) is 28.4 Å². The Hall–Kier alpha value is -1.98. The molecule has 1 aromatic rings. The molecule has 0 unspecified atom stereocenters. The van der Waals surface area contributed by atoms with Gasteiger partial charge in [0.2, 0.25) is 34.5 Å². The second-order valence-corrected chi connectivity index (χ2v) is 38.6. The van der Waals surface area contributed by atoms with E-state index in [1.54, 1.807) is 0 Å². The van der Waals surface area contributed by atoms with Gasteiger partial charge in [-0.25, -0.2) is 0 Å². The largest absolute Gasteiger partial charge is 0.486 e. The second kappa shape index (κ2) is 61.4. The smallest absolute Gasteiger partial charge is 0.211 e. The Balaban J connectivity index is 1.21. The summed E-state index contributed by atoms with van der Waals surface area (Å²) in [5.74, 6) is 12.9. The zero-order valence-electron chi connectivity index (χ0n) is 73.5. The number of benzene rings is 1. The van der Waals surface area contributed by atoms with Crippen LogP contribution in [0.15, 0.2) is 0 Å². The van der Waals surface area contributed by atoms with E-state index in [0.29, 0.717) is 75.1 Å². The van der Waals surface area contributed by atoms with Gasteiger partial charge in [-0.05, 0) is 148 Å². The Kier molecular flexibility index (Phi) is 53.0. The van der Waals surface area contributed by atoms with Crippen LogP contribution in [0.3, 0.4) is 0 Å². The van der Waals surface area contributed by atoms with Gasteiger partial charge in [0.05, 0.1) is 39.6 Å². The van der Waals surface area contributed by atoms with Gasteiger partial charge in [0, 0.05) is 0 Å². The van der Waals surface area contributed by atoms with Crippen molar-refractivity contribution in [3.8, 4) is 34.5 Å². The molecule has 6 nitrogen and oxygen atoms in total. The molecule has 0 aliphatic heterocycles. The predicted molar refractivity (Wildman–Crippen MR) is 468 cm³/mol. The summed E-state index contributed by atoms with van der Waals surface area (Å²) in [5.41, 5.74) is 0. The summed E-state index contributed by atoms with van der Waals surface area (Å²) in [6.07, 6.45) is 98.2. The number of hydrogen-bond acceptors (Lipinski definition) is 6. The average Bonchev–Trinajstić information content (AvgIpc) is 0.762. The van der Waals surface area contributed by atoms with Crippen molar-refractivity contribution >= 4 is 0 Å². The Labute approximate surface area is 673 Å². The average molecular weight is 1510 g/mol. The monoisotopic (exact) mass is 1510 g/mol. The third-order valence-electron chi connectivity index (χ3n) is 29.1. The van der Waals surface area contributed by atoms with E-state index in [1.807, 2.05) is 0 Å². The molecule has 1 aromatic carbocycles. The van der Waals surface area contributed by atoms with Crippen molar-refractivity contribution < 1.29 is 28.4 Å². The molecule has 6 aliphatic carbocycles. The summed E-state index contributed by atoms with van der Waals surface area (Å²) in [7, 11) is 0. The van der Waals surface area contributed by atoms with Gasteiger partial charge < -0.3 is 28.4 Å². The van der Waals surface area contributed by atoms with E-state index in [-0.39, 0.29) is 0 Å². The van der Waals surface area contributed by atoms with Crippen molar-refractivity contribution in [2.24, 2.45) is 71.0 Å². The van der Waals surface area contributed by atoms with Crippen LogP contribution in [0.25, 0.3) is 0 Å². The first-order chi connectivity index (χ1) is 53.4. The standard InChI is InChI=1S/C102H186O6/c1-7-13-19-25-31-37-43-49-85-55-67-91(68-56-85)79-103-97-98(104-80-92-69-57-86(58-70-92)50-44-38-32-26-20-14-8-2)100(106-82-94-73-61-88(62-74-94)52-46-40-34-28-22-16-10-4)102(108-84-96-77-65-90(66-78-96)54-48-42-36-30-24-18-12-6)101(107-83-95-75-63-89(64-76-95)53-47-41-35-29-23-17-11-5)99(97)105-81-93-71-59-87(60-72-93)51-45-39-33-27-21-15-9-3/h85-96H,7-84H2,1-6H3/t85-,86-,87-,88-,89-,90-,91-,92-,93-,94-,95-,96-. The van der Waals surface area contributed by atoms with Gasteiger partial charge in [0.25, 0.3) is 0 Å². The normalized spacial score (nSPS) is 24.9. The Morgan fingerprint density at radius 2 is 0.241 bits per heavy atom. The molecule has 6 saturated carbocycles. The lowest BCUT2D eigenvalue weighted by Crippen LogP contribution is -2.25. The molecule has 6 heteroatoms. The lowest BCUT2D eigenvalue weighted by atomic mass is 9.80. The van der Waals surface area contributed by atoms with Crippen LogP contribution in [0.1, 0.15) is 504 Å². The molecule has 0 N–H and O–H groups in total. The third-order valence-corrected chi connectivity index (χ3v) is 29.1. The molecule has 0 aromatic heterocycles. The van der Waals surface area contributed by atoms with E-state index < -0.39 is 0 Å². The molecule has 7 rings (SSSR count). The Morgan fingerprint density at radius 1 is 0.139 bits per heavy atom. The molecule has 0 saturated heterocycles. The van der Waals surface area contributed by atoms with Crippen LogP contribution in [0.5, 0.6) is 34.5 Å². The van der Waals surface area contributed by atoms with Crippen LogP contribution in [-0.2, 0) is 0 Å². The minimum absolute atomic E-state index is 0.507. The lowest BCUT2D eigenvalue weighted by molar-refractivity contribution is 0.117. The predicted octanol–water partition coefficient (Wildman–Crippen LogP) is 33.6. The van der Waals surface area contributed by atoms with E-state index in [0.717, 1.165) is 70.0 Å². The molecule has 0 atom stereocenters. The van der Waals surface area contributed by atoms with Crippen molar-refractivity contribution in [1.82, 2.24) is 0 Å². The summed E-state index contributed by atoms with van der Waals surface area (Å²) in [4.78, 5) is 0. The minimum Gasteiger partial charge on any atom is -0.486 e. The van der Waals surface area contributed by atoms with E-state index in [1.165, 1.54) is 462 Å². The van der Waals surface area contributed by atoms with Gasteiger partial charge in [-0.3, -0.25) is 0 Å². The van der Waals surface area contributed by atoms with Crippen LogP contribution >= 0.6 is 0 Å². The molecule has 0 bridgehead atoms. The molecule has 0 radical (unpaired) electrons. The fourth-order valence-corrected chi connectivity index (χ4v) is 21.1. The molecule has 630 valence electrons. The van der Waals surface area contributed by atoms with Gasteiger partial charge in [0.15, 0.2) is 0 Å². The molecular weight excluding hydrogens is 1320 g/mol. The highest BCUT2D eigenvalue weighted by Gasteiger charge is 2.38. The van der Waals surface area contributed by atoms with Crippen molar-refractivity contribution in [1.29, 1.82) is 0 Å². The second-order valence-electron chi connectivity index (χ2n) is 38.6. The lowest BCUT2D eigenvalue weighted by Gasteiger charge is -2.34. The third kappa shape index (κ3) is 40.1. The summed E-state index contributed by atoms with van der Waals surface area (Å²) < 4.78 is 46.7. The molecule has 6 fully saturated rings. The van der Waals surface area contributed by atoms with Crippen molar-refractivity contribution in [3.63, 3.8) is 0 Å². The van der Waals surface area contributed by atoms with Crippen molar-refractivity contribution in [3.05, 3.63) is 0 Å². The van der Waals surface area contributed by atoms with Crippen LogP contribution in [0.4, 0.5) is 0 Å². The van der Waals surface area contributed by atoms with E-state index in [9.17, 15) is 0 Å². The Morgan fingerprint density at radius 3 is 0.361 bits per heavy atom.